The van der Waals surface area contributed by atoms with Gasteiger partial charge in [-0.2, -0.15) is 0 Å². The lowest BCUT2D eigenvalue weighted by molar-refractivity contribution is -0.122. The maximum atomic E-state index is 12.7. The summed E-state index contributed by atoms with van der Waals surface area (Å²) in [6.45, 7) is 2.53. The quantitative estimate of drug-likeness (QED) is 0.774. The molecule has 0 radical (unpaired) electrons. The van der Waals surface area contributed by atoms with E-state index >= 15 is 0 Å². The summed E-state index contributed by atoms with van der Waals surface area (Å²) in [7, 11) is 0. The molecule has 0 spiro atoms. The predicted octanol–water partition coefficient (Wildman–Crippen LogP) is 3.85. The Morgan fingerprint density at radius 1 is 0.844 bits per heavy atom. The number of carbonyl (C=O) groups excluding carboxylic acids is 3. The van der Waals surface area contributed by atoms with Gasteiger partial charge in [0.1, 0.15) is 12.4 Å². The number of nitrogens with zero attached hydrogens (tertiary/aromatic N) is 2. The molecule has 2 aliphatic rings. The number of anilines is 2. The van der Waals surface area contributed by atoms with Crippen molar-refractivity contribution >= 4 is 29.1 Å². The number of hydrogen-bond acceptors (Lipinski definition) is 4. The van der Waals surface area contributed by atoms with Gasteiger partial charge < -0.3 is 19.9 Å². The van der Waals surface area contributed by atoms with Crippen molar-refractivity contribution in [3.8, 4) is 5.75 Å². The molecule has 1 N–H and O–H groups in total. The molecule has 2 aliphatic heterocycles. The Hall–Kier alpha value is -3.35. The smallest absolute Gasteiger partial charge is 0.253 e. The summed E-state index contributed by atoms with van der Waals surface area (Å²) in [4.78, 5) is 41.3. The van der Waals surface area contributed by atoms with Crippen molar-refractivity contribution in [1.82, 2.24) is 4.90 Å². The van der Waals surface area contributed by atoms with Crippen molar-refractivity contribution in [1.29, 1.82) is 0 Å². The average Bonchev–Trinajstić information content (AvgIpc) is 3.12. The van der Waals surface area contributed by atoms with Gasteiger partial charge in [0, 0.05) is 37.2 Å². The van der Waals surface area contributed by atoms with E-state index in [0.29, 0.717) is 30.2 Å². The monoisotopic (exact) mass is 435 g/mol. The summed E-state index contributed by atoms with van der Waals surface area (Å²) in [6, 6.07) is 14.4. The zero-order chi connectivity index (χ0) is 22.3. The number of likely N-dealkylation sites (tertiary alicyclic amines) is 1. The molecule has 168 valence electrons. The molecular formula is C25H29N3O4. The first kappa shape index (κ1) is 21.9. The highest BCUT2D eigenvalue weighted by atomic mass is 16.5. The normalized spacial score (nSPS) is 15.9. The average molecular weight is 436 g/mol. The summed E-state index contributed by atoms with van der Waals surface area (Å²) >= 11 is 0. The van der Waals surface area contributed by atoms with Gasteiger partial charge in [0.05, 0.1) is 12.2 Å². The van der Waals surface area contributed by atoms with Crippen LogP contribution in [0.1, 0.15) is 48.9 Å². The van der Waals surface area contributed by atoms with E-state index in [0.717, 1.165) is 31.6 Å². The number of para-hydroxylation sites is 2. The molecule has 0 saturated carbocycles. The van der Waals surface area contributed by atoms with E-state index in [1.807, 2.05) is 29.2 Å². The second-order valence-electron chi connectivity index (χ2n) is 8.19. The van der Waals surface area contributed by atoms with Crippen LogP contribution in [-0.4, -0.2) is 48.9 Å². The van der Waals surface area contributed by atoms with Gasteiger partial charge in [-0.3, -0.25) is 14.4 Å². The van der Waals surface area contributed by atoms with E-state index in [1.54, 1.807) is 29.2 Å². The summed E-state index contributed by atoms with van der Waals surface area (Å²) in [5.74, 6) is 0.397. The van der Waals surface area contributed by atoms with Gasteiger partial charge in [0.25, 0.3) is 5.91 Å². The fourth-order valence-corrected chi connectivity index (χ4v) is 4.16. The van der Waals surface area contributed by atoms with E-state index in [2.05, 4.69) is 5.32 Å². The molecule has 2 aromatic rings. The number of carbonyl (C=O) groups is 3. The second kappa shape index (κ2) is 10.3. The number of ether oxygens (including phenoxy) is 1. The van der Waals surface area contributed by atoms with E-state index in [4.69, 9.17) is 4.74 Å². The fourth-order valence-electron chi connectivity index (χ4n) is 4.16. The SMILES string of the molecule is O=C(CCC(=O)N1CCOc2ccccc21)Nc1ccc(C(=O)N2CCCCCC2)cc1. The van der Waals surface area contributed by atoms with Crippen LogP contribution in [-0.2, 0) is 9.59 Å². The lowest BCUT2D eigenvalue weighted by Gasteiger charge is -2.29. The minimum Gasteiger partial charge on any atom is -0.490 e. The van der Waals surface area contributed by atoms with Gasteiger partial charge in [-0.25, -0.2) is 0 Å². The van der Waals surface area contributed by atoms with E-state index < -0.39 is 0 Å². The molecule has 0 aromatic heterocycles. The zero-order valence-electron chi connectivity index (χ0n) is 18.2. The Kier molecular flexibility index (Phi) is 7.04. The van der Waals surface area contributed by atoms with Crippen LogP contribution in [0, 0.1) is 0 Å². The van der Waals surface area contributed by atoms with Gasteiger partial charge in [-0.1, -0.05) is 25.0 Å². The van der Waals surface area contributed by atoms with Crippen LogP contribution < -0.4 is 15.0 Å². The molecule has 7 heteroatoms. The summed E-state index contributed by atoms with van der Waals surface area (Å²) in [6.07, 6.45) is 4.66. The highest BCUT2D eigenvalue weighted by Crippen LogP contribution is 2.31. The molecule has 7 nitrogen and oxygen atoms in total. The first-order valence-corrected chi connectivity index (χ1v) is 11.3. The zero-order valence-corrected chi connectivity index (χ0v) is 18.2. The third-order valence-electron chi connectivity index (χ3n) is 5.90. The topological polar surface area (TPSA) is 79.0 Å². The van der Waals surface area contributed by atoms with Crippen LogP contribution in [0.3, 0.4) is 0 Å². The Morgan fingerprint density at radius 3 is 2.31 bits per heavy atom. The number of hydrogen-bond donors (Lipinski definition) is 1. The standard InChI is InChI=1S/C25H29N3O4/c29-23(13-14-24(30)28-17-18-32-22-8-4-3-7-21(22)28)26-20-11-9-19(10-12-20)25(31)27-15-5-1-2-6-16-27/h3-4,7-12H,1-2,5-6,13-18H2,(H,26,29). The third-order valence-corrected chi connectivity index (χ3v) is 5.90. The highest BCUT2D eigenvalue weighted by molar-refractivity contribution is 5.99. The molecule has 1 fully saturated rings. The fraction of sp³-hybridized carbons (Fsp3) is 0.400. The molecule has 2 heterocycles. The molecule has 1 saturated heterocycles. The van der Waals surface area contributed by atoms with Crippen molar-refractivity contribution in [3.05, 3.63) is 54.1 Å². The lowest BCUT2D eigenvalue weighted by Crippen LogP contribution is -2.38. The Morgan fingerprint density at radius 2 is 1.56 bits per heavy atom. The van der Waals surface area contributed by atoms with Crippen LogP contribution in [0.5, 0.6) is 5.75 Å². The van der Waals surface area contributed by atoms with Crippen LogP contribution in [0.4, 0.5) is 11.4 Å². The minimum absolute atomic E-state index is 0.0427. The van der Waals surface area contributed by atoms with E-state index in [9.17, 15) is 14.4 Å². The lowest BCUT2D eigenvalue weighted by atomic mass is 10.1. The van der Waals surface area contributed by atoms with Crippen molar-refractivity contribution in [2.75, 3.05) is 36.5 Å². The molecule has 4 rings (SSSR count). The number of amides is 3. The van der Waals surface area contributed by atoms with Crippen LogP contribution in [0.25, 0.3) is 0 Å². The van der Waals surface area contributed by atoms with Crippen molar-refractivity contribution in [3.63, 3.8) is 0 Å². The molecule has 0 atom stereocenters. The van der Waals surface area contributed by atoms with Gasteiger partial charge in [0.15, 0.2) is 0 Å². The molecule has 0 aliphatic carbocycles. The molecule has 3 amide bonds. The molecule has 0 unspecified atom stereocenters. The van der Waals surface area contributed by atoms with Crippen LogP contribution in [0.2, 0.25) is 0 Å². The molecular weight excluding hydrogens is 406 g/mol. The first-order valence-electron chi connectivity index (χ1n) is 11.3. The van der Waals surface area contributed by atoms with E-state index in [-0.39, 0.29) is 30.6 Å². The van der Waals surface area contributed by atoms with Gasteiger partial charge in [-0.05, 0) is 49.2 Å². The largest absolute Gasteiger partial charge is 0.490 e. The van der Waals surface area contributed by atoms with Crippen molar-refractivity contribution in [2.24, 2.45) is 0 Å². The van der Waals surface area contributed by atoms with Crippen LogP contribution >= 0.6 is 0 Å². The number of benzene rings is 2. The molecule has 32 heavy (non-hydrogen) atoms. The summed E-state index contributed by atoms with van der Waals surface area (Å²) < 4.78 is 5.58. The van der Waals surface area contributed by atoms with E-state index in [1.165, 1.54) is 12.8 Å². The third kappa shape index (κ3) is 5.28. The Balaban J connectivity index is 1.28. The number of rotatable bonds is 5. The molecule has 2 aromatic carbocycles. The van der Waals surface area contributed by atoms with Gasteiger partial charge in [0.2, 0.25) is 11.8 Å². The van der Waals surface area contributed by atoms with Crippen molar-refractivity contribution in [2.45, 2.75) is 38.5 Å². The first-order chi connectivity index (χ1) is 15.6. The summed E-state index contributed by atoms with van der Waals surface area (Å²) in [5, 5.41) is 2.82. The number of nitrogens with one attached hydrogen (secondary N) is 1. The van der Waals surface area contributed by atoms with Gasteiger partial charge in [-0.15, -0.1) is 0 Å². The predicted molar refractivity (Wildman–Crippen MR) is 123 cm³/mol. The maximum Gasteiger partial charge on any atom is 0.253 e. The molecule has 0 bridgehead atoms. The second-order valence-corrected chi connectivity index (χ2v) is 8.19. The number of fused-ring (bicyclic) bond motifs is 1. The Labute approximate surface area is 188 Å². The maximum absolute atomic E-state index is 12.7. The summed E-state index contributed by atoms with van der Waals surface area (Å²) in [5.41, 5.74) is 1.99. The highest BCUT2D eigenvalue weighted by Gasteiger charge is 2.23. The minimum atomic E-state index is -0.230. The van der Waals surface area contributed by atoms with Gasteiger partial charge >= 0.3 is 0 Å². The Bertz CT molecular complexity index is 965. The van der Waals surface area contributed by atoms with Crippen LogP contribution in [0.15, 0.2) is 48.5 Å². The van der Waals surface area contributed by atoms with Crippen molar-refractivity contribution < 1.29 is 19.1 Å².